The third-order valence-electron chi connectivity index (χ3n) is 4.72. The number of amides is 2. The molecule has 0 radical (unpaired) electrons. The first-order valence-electron chi connectivity index (χ1n) is 8.99. The maximum Gasteiger partial charge on any atom is 0.270 e. The molecule has 0 spiro atoms. The Morgan fingerprint density at radius 3 is 2.47 bits per heavy atom. The average Bonchev–Trinajstić information content (AvgIpc) is 3.16. The van der Waals surface area contributed by atoms with Crippen molar-refractivity contribution in [2.45, 2.75) is 6.92 Å². The van der Waals surface area contributed by atoms with Crippen LogP contribution in [0.25, 0.3) is 11.8 Å². The highest BCUT2D eigenvalue weighted by Gasteiger charge is 2.34. The van der Waals surface area contributed by atoms with Gasteiger partial charge in [-0.1, -0.05) is 17.7 Å². The molecule has 3 aromatic rings. The first-order valence-corrected chi connectivity index (χ1v) is 9.78. The summed E-state index contributed by atoms with van der Waals surface area (Å²) in [6, 6.07) is 15.3. The molecule has 0 aliphatic carbocycles. The highest BCUT2D eigenvalue weighted by Crippen LogP contribution is 2.27. The Hall–Kier alpha value is -3.42. The molecule has 150 valence electrons. The van der Waals surface area contributed by atoms with Crippen LogP contribution in [-0.4, -0.2) is 26.6 Å². The number of benzene rings is 2. The lowest BCUT2D eigenvalue weighted by atomic mass is 10.1. The van der Waals surface area contributed by atoms with Crippen molar-refractivity contribution in [1.29, 1.82) is 0 Å². The highest BCUT2D eigenvalue weighted by molar-refractivity contribution is 7.80. The molecule has 2 aromatic carbocycles. The molecule has 2 amide bonds. The van der Waals surface area contributed by atoms with Crippen molar-refractivity contribution in [3.63, 3.8) is 0 Å². The van der Waals surface area contributed by atoms with Crippen LogP contribution in [-0.2, 0) is 9.59 Å². The number of phenolic OH excluding ortho intramolecular Hbond substituents is 1. The highest BCUT2D eigenvalue weighted by atomic mass is 35.5. The molecule has 0 unspecified atom stereocenters. The molecule has 1 aliphatic rings. The van der Waals surface area contributed by atoms with Crippen LogP contribution in [0.3, 0.4) is 0 Å². The second-order valence-electron chi connectivity index (χ2n) is 6.71. The normalized spacial score (nSPS) is 15.6. The van der Waals surface area contributed by atoms with Crippen LogP contribution in [0.2, 0.25) is 5.02 Å². The molecule has 4 rings (SSSR count). The van der Waals surface area contributed by atoms with Gasteiger partial charge in [-0.05, 0) is 79.3 Å². The topological polar surface area (TPSA) is 74.6 Å². The molecular formula is C22H16ClN3O3S. The molecule has 6 nitrogen and oxygen atoms in total. The molecule has 0 atom stereocenters. The Balaban J connectivity index is 1.74. The number of hydrogen-bond acceptors (Lipinski definition) is 4. The number of aryl methyl sites for hydroxylation is 1. The number of thiocarbonyl (C=S) groups is 1. The summed E-state index contributed by atoms with van der Waals surface area (Å²) in [5.74, 6) is -0.964. The van der Waals surface area contributed by atoms with Crippen LogP contribution in [0.5, 0.6) is 5.75 Å². The third-order valence-corrected chi connectivity index (χ3v) is 5.41. The number of aromatic nitrogens is 1. The fourth-order valence-electron chi connectivity index (χ4n) is 3.12. The van der Waals surface area contributed by atoms with Crippen molar-refractivity contribution in [1.82, 2.24) is 9.88 Å². The third kappa shape index (κ3) is 3.60. The zero-order valence-electron chi connectivity index (χ0n) is 15.8. The number of hydrogen-bond donors (Lipinski definition) is 2. The monoisotopic (exact) mass is 437 g/mol. The predicted octanol–water partition coefficient (Wildman–Crippen LogP) is 3.98. The van der Waals surface area contributed by atoms with E-state index in [9.17, 15) is 14.7 Å². The number of carbonyl (C=O) groups is 2. The van der Waals surface area contributed by atoms with Gasteiger partial charge in [0.25, 0.3) is 11.8 Å². The fraction of sp³-hybridized carbons (Fsp3) is 0.0455. The van der Waals surface area contributed by atoms with Gasteiger partial charge in [-0.3, -0.25) is 19.8 Å². The molecule has 1 saturated heterocycles. The van der Waals surface area contributed by atoms with Crippen molar-refractivity contribution < 1.29 is 14.7 Å². The summed E-state index contributed by atoms with van der Waals surface area (Å²) in [5, 5.41) is 12.6. The standard InChI is InChI=1S/C22H16ClN3O3S/c1-13-4-5-16(12-19(13)23)26-21(29)18(20(28)24-22(26)30)11-15-3-2-10-25(15)14-6-8-17(27)9-7-14/h2-12,27H,1H3,(H,24,28,30). The van der Waals surface area contributed by atoms with Gasteiger partial charge in [0, 0.05) is 22.6 Å². The van der Waals surface area contributed by atoms with Gasteiger partial charge >= 0.3 is 0 Å². The van der Waals surface area contributed by atoms with E-state index in [0.29, 0.717) is 16.4 Å². The Morgan fingerprint density at radius 1 is 1.07 bits per heavy atom. The lowest BCUT2D eigenvalue weighted by molar-refractivity contribution is -0.122. The lowest BCUT2D eigenvalue weighted by Crippen LogP contribution is -2.54. The predicted molar refractivity (Wildman–Crippen MR) is 120 cm³/mol. The van der Waals surface area contributed by atoms with Gasteiger partial charge in [-0.2, -0.15) is 0 Å². The summed E-state index contributed by atoms with van der Waals surface area (Å²) in [6.07, 6.45) is 3.31. The zero-order valence-corrected chi connectivity index (χ0v) is 17.4. The Labute approximate surface area is 183 Å². The molecule has 8 heteroatoms. The van der Waals surface area contributed by atoms with E-state index in [1.165, 1.54) is 11.0 Å². The zero-order chi connectivity index (χ0) is 21.4. The number of nitrogens with one attached hydrogen (secondary N) is 1. The van der Waals surface area contributed by atoms with Crippen molar-refractivity contribution in [3.8, 4) is 11.4 Å². The van der Waals surface area contributed by atoms with E-state index in [4.69, 9.17) is 23.8 Å². The first kappa shape index (κ1) is 19.9. The maximum atomic E-state index is 13.2. The molecule has 0 saturated carbocycles. The first-order chi connectivity index (χ1) is 14.3. The van der Waals surface area contributed by atoms with Crippen LogP contribution in [0.15, 0.2) is 66.4 Å². The Kier molecular flexibility index (Phi) is 5.15. The van der Waals surface area contributed by atoms with Crippen molar-refractivity contribution >= 4 is 52.5 Å². The van der Waals surface area contributed by atoms with E-state index < -0.39 is 11.8 Å². The van der Waals surface area contributed by atoms with Gasteiger partial charge in [0.15, 0.2) is 5.11 Å². The number of halogens is 1. The summed E-state index contributed by atoms with van der Waals surface area (Å²) in [7, 11) is 0. The van der Waals surface area contributed by atoms with E-state index in [1.807, 2.05) is 6.92 Å². The van der Waals surface area contributed by atoms with Crippen molar-refractivity contribution in [2.75, 3.05) is 4.90 Å². The van der Waals surface area contributed by atoms with Gasteiger partial charge < -0.3 is 9.67 Å². The molecule has 1 aliphatic heterocycles. The summed E-state index contributed by atoms with van der Waals surface area (Å²) in [4.78, 5) is 27.0. The van der Waals surface area contributed by atoms with Gasteiger partial charge in [-0.25, -0.2) is 0 Å². The second kappa shape index (κ2) is 7.78. The SMILES string of the molecule is Cc1ccc(N2C(=O)C(=Cc3cccn3-c3ccc(O)cc3)C(=O)NC2=S)cc1Cl. The number of phenols is 1. The van der Waals surface area contributed by atoms with E-state index in [2.05, 4.69) is 5.32 Å². The quantitative estimate of drug-likeness (QED) is 0.369. The van der Waals surface area contributed by atoms with Crippen molar-refractivity contribution in [2.24, 2.45) is 0 Å². The molecular weight excluding hydrogens is 422 g/mol. The summed E-state index contributed by atoms with van der Waals surface area (Å²) in [5.41, 5.74) is 2.67. The van der Waals surface area contributed by atoms with Crippen LogP contribution in [0, 0.1) is 6.92 Å². The van der Waals surface area contributed by atoms with Gasteiger partial charge in [0.1, 0.15) is 11.3 Å². The molecule has 1 fully saturated rings. The molecule has 0 bridgehead atoms. The Morgan fingerprint density at radius 2 is 1.77 bits per heavy atom. The number of aromatic hydroxyl groups is 1. The van der Waals surface area contributed by atoms with Gasteiger partial charge in [-0.15, -0.1) is 0 Å². The Bertz CT molecular complexity index is 1210. The van der Waals surface area contributed by atoms with Crippen LogP contribution in [0.4, 0.5) is 5.69 Å². The van der Waals surface area contributed by atoms with Crippen molar-refractivity contribution in [3.05, 3.63) is 82.6 Å². The van der Waals surface area contributed by atoms with E-state index >= 15 is 0 Å². The molecule has 2 N–H and O–H groups in total. The van der Waals surface area contributed by atoms with E-state index in [1.54, 1.807) is 65.4 Å². The molecule has 2 heterocycles. The summed E-state index contributed by atoms with van der Waals surface area (Å²) >= 11 is 11.4. The van der Waals surface area contributed by atoms with Crippen LogP contribution >= 0.6 is 23.8 Å². The van der Waals surface area contributed by atoms with Crippen LogP contribution in [0.1, 0.15) is 11.3 Å². The summed E-state index contributed by atoms with van der Waals surface area (Å²) < 4.78 is 1.80. The largest absolute Gasteiger partial charge is 0.508 e. The van der Waals surface area contributed by atoms with Crippen LogP contribution < -0.4 is 10.2 Å². The van der Waals surface area contributed by atoms with Gasteiger partial charge in [0.05, 0.1) is 5.69 Å². The molecule has 1 aromatic heterocycles. The summed E-state index contributed by atoms with van der Waals surface area (Å²) in [6.45, 7) is 1.85. The minimum Gasteiger partial charge on any atom is -0.508 e. The smallest absolute Gasteiger partial charge is 0.270 e. The number of anilines is 1. The molecule has 30 heavy (non-hydrogen) atoms. The fourth-order valence-corrected chi connectivity index (χ4v) is 3.58. The number of carbonyl (C=O) groups excluding carboxylic acids is 2. The van der Waals surface area contributed by atoms with E-state index in [-0.39, 0.29) is 16.4 Å². The average molecular weight is 438 g/mol. The number of rotatable bonds is 3. The van der Waals surface area contributed by atoms with E-state index in [0.717, 1.165) is 11.3 Å². The maximum absolute atomic E-state index is 13.2. The second-order valence-corrected chi connectivity index (χ2v) is 7.50. The number of nitrogens with zero attached hydrogens (tertiary/aromatic N) is 2. The lowest BCUT2D eigenvalue weighted by Gasteiger charge is -2.29. The van der Waals surface area contributed by atoms with Gasteiger partial charge in [0.2, 0.25) is 0 Å². The minimum atomic E-state index is -0.571. The minimum absolute atomic E-state index is 0.00372.